The lowest BCUT2D eigenvalue weighted by Crippen LogP contribution is -2.49. The predicted molar refractivity (Wildman–Crippen MR) is 48.7 cm³/mol. The molecular formula is C9H17NO3. The Morgan fingerprint density at radius 2 is 2.38 bits per heavy atom. The molecule has 1 rings (SSSR count). The minimum Gasteiger partial charge on any atom is -0.481 e. The predicted octanol–water partition coefficient (Wildman–Crippen LogP) is 0.570. The third kappa shape index (κ3) is 2.97. The van der Waals surface area contributed by atoms with E-state index in [1.54, 1.807) is 0 Å². The van der Waals surface area contributed by atoms with Crippen molar-refractivity contribution in [2.24, 2.45) is 0 Å². The van der Waals surface area contributed by atoms with Gasteiger partial charge in [-0.25, -0.2) is 0 Å². The average molecular weight is 187 g/mol. The summed E-state index contributed by atoms with van der Waals surface area (Å²) in [5.74, 6) is -0.749. The molecule has 4 nitrogen and oxygen atoms in total. The maximum Gasteiger partial charge on any atom is 0.305 e. The van der Waals surface area contributed by atoms with Gasteiger partial charge in [0.1, 0.15) is 0 Å². The van der Waals surface area contributed by atoms with E-state index in [9.17, 15) is 4.79 Å². The molecule has 13 heavy (non-hydrogen) atoms. The molecule has 1 heterocycles. The van der Waals surface area contributed by atoms with Gasteiger partial charge in [-0.2, -0.15) is 0 Å². The molecule has 0 aromatic carbocycles. The van der Waals surface area contributed by atoms with Crippen molar-refractivity contribution in [1.29, 1.82) is 0 Å². The van der Waals surface area contributed by atoms with Gasteiger partial charge >= 0.3 is 5.97 Å². The van der Waals surface area contributed by atoms with Gasteiger partial charge in [0.05, 0.1) is 19.6 Å². The van der Waals surface area contributed by atoms with E-state index in [1.807, 2.05) is 0 Å². The zero-order chi connectivity index (χ0) is 9.84. The molecule has 0 spiro atoms. The summed E-state index contributed by atoms with van der Waals surface area (Å²) in [6, 6.07) is 0.444. The number of morpholine rings is 1. The van der Waals surface area contributed by atoms with Crippen LogP contribution in [0.1, 0.15) is 20.3 Å². The summed E-state index contributed by atoms with van der Waals surface area (Å²) in [5.41, 5.74) is 0. The van der Waals surface area contributed by atoms with E-state index < -0.39 is 5.97 Å². The largest absolute Gasteiger partial charge is 0.481 e. The summed E-state index contributed by atoms with van der Waals surface area (Å²) in [6.45, 7) is 6.27. The van der Waals surface area contributed by atoms with Crippen LogP contribution in [0.3, 0.4) is 0 Å². The van der Waals surface area contributed by atoms with Crippen molar-refractivity contribution in [3.8, 4) is 0 Å². The fourth-order valence-electron chi connectivity index (χ4n) is 1.73. The van der Waals surface area contributed by atoms with Crippen molar-refractivity contribution in [2.75, 3.05) is 19.8 Å². The van der Waals surface area contributed by atoms with Crippen LogP contribution in [0, 0.1) is 0 Å². The highest BCUT2D eigenvalue weighted by Crippen LogP contribution is 2.13. The van der Waals surface area contributed by atoms with E-state index in [-0.39, 0.29) is 12.5 Å². The standard InChI is InChI=1S/C9H17NO3/c1-7(2)10-3-4-13-6-8(10)5-9(11)12/h7-8H,3-6H2,1-2H3,(H,11,12). The Bertz CT molecular complexity index is 182. The normalized spacial score (nSPS) is 25.0. The number of hydrogen-bond donors (Lipinski definition) is 1. The van der Waals surface area contributed by atoms with Gasteiger partial charge in [-0.1, -0.05) is 0 Å². The van der Waals surface area contributed by atoms with Crippen LogP contribution in [0.2, 0.25) is 0 Å². The number of nitrogens with zero attached hydrogens (tertiary/aromatic N) is 1. The number of rotatable bonds is 3. The monoisotopic (exact) mass is 187 g/mol. The van der Waals surface area contributed by atoms with Crippen LogP contribution < -0.4 is 0 Å². The lowest BCUT2D eigenvalue weighted by molar-refractivity contribution is -0.140. The zero-order valence-corrected chi connectivity index (χ0v) is 8.19. The first-order valence-corrected chi connectivity index (χ1v) is 4.66. The molecule has 76 valence electrons. The molecule has 1 aliphatic heterocycles. The number of carboxylic acids is 1. The van der Waals surface area contributed by atoms with Crippen molar-refractivity contribution in [1.82, 2.24) is 4.90 Å². The molecule has 0 radical (unpaired) electrons. The lowest BCUT2D eigenvalue weighted by atomic mass is 10.1. The smallest absolute Gasteiger partial charge is 0.305 e. The molecule has 0 aromatic rings. The average Bonchev–Trinajstić information content (AvgIpc) is 2.03. The maximum atomic E-state index is 10.6. The van der Waals surface area contributed by atoms with Crippen LogP contribution in [0.15, 0.2) is 0 Å². The summed E-state index contributed by atoms with van der Waals surface area (Å²) in [6.07, 6.45) is 0.179. The van der Waals surface area contributed by atoms with Crippen LogP contribution >= 0.6 is 0 Å². The molecular weight excluding hydrogens is 170 g/mol. The molecule has 4 heteroatoms. The molecule has 1 fully saturated rings. The molecule has 0 aromatic heterocycles. The first-order valence-electron chi connectivity index (χ1n) is 4.66. The molecule has 0 amide bonds. The van der Waals surface area contributed by atoms with Crippen LogP contribution in [0.5, 0.6) is 0 Å². The molecule has 0 saturated carbocycles. The summed E-state index contributed by atoms with van der Waals surface area (Å²) < 4.78 is 5.26. The molecule has 1 saturated heterocycles. The second-order valence-corrected chi connectivity index (χ2v) is 3.66. The van der Waals surface area contributed by atoms with Gasteiger partial charge in [0.25, 0.3) is 0 Å². The summed E-state index contributed by atoms with van der Waals surface area (Å²) in [5, 5.41) is 8.68. The molecule has 1 atom stereocenters. The Hall–Kier alpha value is -0.610. The lowest BCUT2D eigenvalue weighted by Gasteiger charge is -2.37. The summed E-state index contributed by atoms with van der Waals surface area (Å²) >= 11 is 0. The van der Waals surface area contributed by atoms with Gasteiger partial charge in [0, 0.05) is 18.6 Å². The van der Waals surface area contributed by atoms with Gasteiger partial charge < -0.3 is 9.84 Å². The molecule has 0 bridgehead atoms. The fourth-order valence-corrected chi connectivity index (χ4v) is 1.73. The minimum atomic E-state index is -0.749. The van der Waals surface area contributed by atoms with Gasteiger partial charge in [-0.05, 0) is 13.8 Å². The molecule has 0 aliphatic carbocycles. The summed E-state index contributed by atoms with van der Waals surface area (Å²) in [7, 11) is 0. The Labute approximate surface area is 78.5 Å². The van der Waals surface area contributed by atoms with Gasteiger partial charge in [-0.3, -0.25) is 9.69 Å². The van der Waals surface area contributed by atoms with Crippen molar-refractivity contribution in [3.63, 3.8) is 0 Å². The van der Waals surface area contributed by atoms with E-state index >= 15 is 0 Å². The third-order valence-electron chi connectivity index (χ3n) is 2.35. The van der Waals surface area contributed by atoms with Crippen molar-refractivity contribution in [3.05, 3.63) is 0 Å². The maximum absolute atomic E-state index is 10.6. The molecule has 1 N–H and O–H groups in total. The van der Waals surface area contributed by atoms with Crippen molar-refractivity contribution < 1.29 is 14.6 Å². The number of carboxylic acid groups (broad SMARTS) is 1. The third-order valence-corrected chi connectivity index (χ3v) is 2.35. The Balaban J connectivity index is 2.51. The SMILES string of the molecule is CC(C)N1CCOCC1CC(=O)O. The highest BCUT2D eigenvalue weighted by molar-refractivity contribution is 5.67. The minimum absolute atomic E-state index is 0.0475. The highest BCUT2D eigenvalue weighted by Gasteiger charge is 2.26. The van der Waals surface area contributed by atoms with Crippen LogP contribution in [0.25, 0.3) is 0 Å². The van der Waals surface area contributed by atoms with Gasteiger partial charge in [-0.15, -0.1) is 0 Å². The molecule has 1 unspecified atom stereocenters. The van der Waals surface area contributed by atoms with Crippen LogP contribution in [-0.2, 0) is 9.53 Å². The van der Waals surface area contributed by atoms with E-state index in [2.05, 4.69) is 18.7 Å². The topological polar surface area (TPSA) is 49.8 Å². The molecule has 1 aliphatic rings. The Morgan fingerprint density at radius 1 is 1.69 bits per heavy atom. The fraction of sp³-hybridized carbons (Fsp3) is 0.889. The quantitative estimate of drug-likeness (QED) is 0.701. The van der Waals surface area contributed by atoms with Gasteiger partial charge in [0.15, 0.2) is 0 Å². The van der Waals surface area contributed by atoms with E-state index in [4.69, 9.17) is 9.84 Å². The first kappa shape index (κ1) is 10.5. The van der Waals surface area contributed by atoms with Crippen LogP contribution in [0.4, 0.5) is 0 Å². The van der Waals surface area contributed by atoms with E-state index in [0.717, 1.165) is 6.54 Å². The van der Waals surface area contributed by atoms with Crippen molar-refractivity contribution >= 4 is 5.97 Å². The number of aliphatic carboxylic acids is 1. The number of carbonyl (C=O) groups is 1. The van der Waals surface area contributed by atoms with Crippen molar-refractivity contribution in [2.45, 2.75) is 32.4 Å². The second-order valence-electron chi connectivity index (χ2n) is 3.66. The highest BCUT2D eigenvalue weighted by atomic mass is 16.5. The van der Waals surface area contributed by atoms with Crippen LogP contribution in [-0.4, -0.2) is 47.8 Å². The Kier molecular flexibility index (Phi) is 3.69. The van der Waals surface area contributed by atoms with E-state index in [1.165, 1.54) is 0 Å². The number of ether oxygens (including phenoxy) is 1. The first-order chi connectivity index (χ1) is 6.11. The van der Waals surface area contributed by atoms with E-state index in [0.29, 0.717) is 19.3 Å². The van der Waals surface area contributed by atoms with Gasteiger partial charge in [0.2, 0.25) is 0 Å². The number of hydrogen-bond acceptors (Lipinski definition) is 3. The second kappa shape index (κ2) is 4.58. The summed E-state index contributed by atoms with van der Waals surface area (Å²) in [4.78, 5) is 12.7. The Morgan fingerprint density at radius 3 is 2.92 bits per heavy atom. The zero-order valence-electron chi connectivity index (χ0n) is 8.19.